The molecule has 0 atom stereocenters. The molecule has 0 aliphatic rings. The van der Waals surface area contributed by atoms with Crippen molar-refractivity contribution in [2.45, 2.75) is 0 Å². The molecule has 0 aliphatic carbocycles. The van der Waals surface area contributed by atoms with E-state index in [1.165, 1.54) is 0 Å². The van der Waals surface area contributed by atoms with E-state index in [1.807, 2.05) is 24.3 Å². The van der Waals surface area contributed by atoms with E-state index in [4.69, 9.17) is 27.9 Å². The molecule has 3 rings (SSSR count). The predicted molar refractivity (Wildman–Crippen MR) is 90.2 cm³/mol. The second-order valence-corrected chi connectivity index (χ2v) is 5.66. The van der Waals surface area contributed by atoms with Gasteiger partial charge in [0.1, 0.15) is 5.75 Å². The Kier molecular flexibility index (Phi) is 4.32. The van der Waals surface area contributed by atoms with E-state index >= 15 is 0 Å². The van der Waals surface area contributed by atoms with Crippen LogP contribution in [0.15, 0.2) is 60.7 Å². The van der Waals surface area contributed by atoms with Crippen LogP contribution in [0, 0.1) is 0 Å². The lowest BCUT2D eigenvalue weighted by atomic mass is 10.1. The number of ketones is 1. The molecule has 0 aliphatic heterocycles. The lowest BCUT2D eigenvalue weighted by molar-refractivity contribution is 0.0922. The van der Waals surface area contributed by atoms with Crippen molar-refractivity contribution >= 4 is 39.8 Å². The molecule has 0 saturated carbocycles. The Balaban J connectivity index is 1.83. The minimum Gasteiger partial charge on any atom is -0.485 e. The van der Waals surface area contributed by atoms with Gasteiger partial charge in [0.15, 0.2) is 12.4 Å². The van der Waals surface area contributed by atoms with Crippen molar-refractivity contribution in [2.75, 3.05) is 6.61 Å². The summed E-state index contributed by atoms with van der Waals surface area (Å²) in [4.78, 5) is 12.2. The molecule has 0 radical (unpaired) electrons. The van der Waals surface area contributed by atoms with Crippen molar-refractivity contribution in [3.63, 3.8) is 0 Å². The summed E-state index contributed by atoms with van der Waals surface area (Å²) in [5.41, 5.74) is 0.533. The van der Waals surface area contributed by atoms with E-state index in [0.29, 0.717) is 21.4 Å². The number of Topliss-reactive ketones (excluding diaryl/α,β-unsaturated/α-hetero) is 1. The van der Waals surface area contributed by atoms with Gasteiger partial charge in [0, 0.05) is 26.4 Å². The number of benzene rings is 3. The highest BCUT2D eigenvalue weighted by Gasteiger charge is 2.10. The van der Waals surface area contributed by atoms with Gasteiger partial charge in [-0.15, -0.1) is 0 Å². The first-order valence-electron chi connectivity index (χ1n) is 6.74. The summed E-state index contributed by atoms with van der Waals surface area (Å²) in [6.07, 6.45) is 0. The van der Waals surface area contributed by atoms with Crippen LogP contribution in [0.2, 0.25) is 10.0 Å². The summed E-state index contributed by atoms with van der Waals surface area (Å²) in [5.74, 6) is 0.511. The number of hydrogen-bond donors (Lipinski definition) is 0. The summed E-state index contributed by atoms with van der Waals surface area (Å²) < 4.78 is 5.68. The summed E-state index contributed by atoms with van der Waals surface area (Å²) in [6, 6.07) is 18.0. The van der Waals surface area contributed by atoms with Crippen LogP contribution in [0.3, 0.4) is 0 Å². The van der Waals surface area contributed by atoms with E-state index in [0.717, 1.165) is 10.8 Å². The van der Waals surface area contributed by atoms with Crippen molar-refractivity contribution in [1.29, 1.82) is 0 Å². The van der Waals surface area contributed by atoms with Gasteiger partial charge in [-0.05, 0) is 24.3 Å². The van der Waals surface area contributed by atoms with Gasteiger partial charge in [-0.2, -0.15) is 0 Å². The average molecular weight is 331 g/mol. The van der Waals surface area contributed by atoms with Gasteiger partial charge in [-0.3, -0.25) is 4.79 Å². The summed E-state index contributed by atoms with van der Waals surface area (Å²) in [6.45, 7) is -0.0496. The standard InChI is InChI=1S/C18H12Cl2O2/c19-13-5-3-4-12(10-13)17(21)11-22-18-9-8-16(20)14-6-1-2-7-15(14)18/h1-10H,11H2. The van der Waals surface area contributed by atoms with Crippen LogP contribution >= 0.6 is 23.2 Å². The Labute approximate surface area is 138 Å². The third-order valence-corrected chi connectivity index (χ3v) is 3.90. The zero-order valence-electron chi connectivity index (χ0n) is 11.6. The van der Waals surface area contributed by atoms with Gasteiger partial charge in [-0.1, -0.05) is 59.6 Å². The van der Waals surface area contributed by atoms with Gasteiger partial charge in [0.25, 0.3) is 0 Å². The van der Waals surface area contributed by atoms with Gasteiger partial charge in [0.2, 0.25) is 0 Å². The molecule has 0 heterocycles. The Morgan fingerprint density at radius 3 is 2.45 bits per heavy atom. The van der Waals surface area contributed by atoms with Crippen LogP contribution in [-0.4, -0.2) is 12.4 Å². The number of rotatable bonds is 4. The highest BCUT2D eigenvalue weighted by molar-refractivity contribution is 6.35. The molecule has 0 N–H and O–H groups in total. The fraction of sp³-hybridized carbons (Fsp3) is 0.0556. The monoisotopic (exact) mass is 330 g/mol. The van der Waals surface area contributed by atoms with Crippen LogP contribution in [0.1, 0.15) is 10.4 Å². The summed E-state index contributed by atoms with van der Waals surface area (Å²) >= 11 is 12.1. The van der Waals surface area contributed by atoms with Crippen LogP contribution in [0.5, 0.6) is 5.75 Å². The summed E-state index contributed by atoms with van der Waals surface area (Å²) in [7, 11) is 0. The molecule has 3 aromatic rings. The largest absolute Gasteiger partial charge is 0.485 e. The van der Waals surface area contributed by atoms with Crippen LogP contribution in [-0.2, 0) is 0 Å². The smallest absolute Gasteiger partial charge is 0.200 e. The number of ether oxygens (including phenoxy) is 1. The molecule has 0 spiro atoms. The molecule has 0 aromatic heterocycles. The SMILES string of the molecule is O=C(COc1ccc(Cl)c2ccccc12)c1cccc(Cl)c1. The maximum atomic E-state index is 12.2. The zero-order chi connectivity index (χ0) is 15.5. The quantitative estimate of drug-likeness (QED) is 0.598. The summed E-state index contributed by atoms with van der Waals surface area (Å²) in [5, 5.41) is 2.97. The number of hydrogen-bond acceptors (Lipinski definition) is 2. The Hall–Kier alpha value is -2.03. The van der Waals surface area contributed by atoms with Gasteiger partial charge >= 0.3 is 0 Å². The Morgan fingerprint density at radius 1 is 0.909 bits per heavy atom. The molecule has 4 heteroatoms. The van der Waals surface area contributed by atoms with E-state index in [9.17, 15) is 4.79 Å². The van der Waals surface area contributed by atoms with Crippen molar-refractivity contribution < 1.29 is 9.53 Å². The van der Waals surface area contributed by atoms with Crippen molar-refractivity contribution in [3.05, 3.63) is 76.3 Å². The normalized spacial score (nSPS) is 10.6. The second-order valence-electron chi connectivity index (χ2n) is 4.81. The third-order valence-electron chi connectivity index (χ3n) is 3.34. The van der Waals surface area contributed by atoms with Crippen LogP contribution in [0.4, 0.5) is 0 Å². The fourth-order valence-corrected chi connectivity index (χ4v) is 2.67. The molecular formula is C18H12Cl2O2. The minimum atomic E-state index is -0.124. The fourth-order valence-electron chi connectivity index (χ4n) is 2.25. The molecule has 0 saturated heterocycles. The van der Waals surface area contributed by atoms with Gasteiger partial charge in [-0.25, -0.2) is 0 Å². The van der Waals surface area contributed by atoms with Gasteiger partial charge in [0.05, 0.1) is 0 Å². The highest BCUT2D eigenvalue weighted by Crippen LogP contribution is 2.31. The first-order valence-corrected chi connectivity index (χ1v) is 7.49. The first-order chi connectivity index (χ1) is 10.6. The molecule has 22 heavy (non-hydrogen) atoms. The number of fused-ring (bicyclic) bond motifs is 1. The first kappa shape index (κ1) is 14.9. The van der Waals surface area contributed by atoms with E-state index in [-0.39, 0.29) is 12.4 Å². The van der Waals surface area contributed by atoms with Crippen molar-refractivity contribution in [3.8, 4) is 5.75 Å². The lowest BCUT2D eigenvalue weighted by Gasteiger charge is -2.10. The number of halogens is 2. The second kappa shape index (κ2) is 6.39. The maximum absolute atomic E-state index is 12.2. The zero-order valence-corrected chi connectivity index (χ0v) is 13.1. The maximum Gasteiger partial charge on any atom is 0.200 e. The molecule has 0 unspecified atom stereocenters. The van der Waals surface area contributed by atoms with Gasteiger partial charge < -0.3 is 4.74 Å². The molecule has 3 aromatic carbocycles. The topological polar surface area (TPSA) is 26.3 Å². The lowest BCUT2D eigenvalue weighted by Crippen LogP contribution is -2.11. The highest BCUT2D eigenvalue weighted by atomic mass is 35.5. The molecule has 0 fully saturated rings. The number of carbonyl (C=O) groups excluding carboxylic acids is 1. The van der Waals surface area contributed by atoms with Crippen molar-refractivity contribution in [1.82, 2.24) is 0 Å². The molecule has 0 bridgehead atoms. The third kappa shape index (κ3) is 3.08. The molecule has 0 amide bonds. The Bertz CT molecular complexity index is 843. The molecule has 110 valence electrons. The van der Waals surface area contributed by atoms with E-state index in [2.05, 4.69) is 0 Å². The molecule has 2 nitrogen and oxygen atoms in total. The predicted octanol–water partition coefficient (Wildman–Crippen LogP) is 5.41. The minimum absolute atomic E-state index is 0.0496. The molecular weight excluding hydrogens is 319 g/mol. The van der Waals surface area contributed by atoms with E-state index in [1.54, 1.807) is 36.4 Å². The van der Waals surface area contributed by atoms with Crippen LogP contribution in [0.25, 0.3) is 10.8 Å². The average Bonchev–Trinajstić information content (AvgIpc) is 2.54. The van der Waals surface area contributed by atoms with E-state index < -0.39 is 0 Å². The van der Waals surface area contributed by atoms with Crippen molar-refractivity contribution in [2.24, 2.45) is 0 Å². The van der Waals surface area contributed by atoms with Crippen LogP contribution < -0.4 is 4.74 Å². The number of carbonyl (C=O) groups is 1. The Morgan fingerprint density at radius 2 is 1.68 bits per heavy atom.